The Morgan fingerprint density at radius 3 is 2.18 bits per heavy atom. The van der Waals surface area contributed by atoms with E-state index in [2.05, 4.69) is 19.1 Å². The van der Waals surface area contributed by atoms with Crippen molar-refractivity contribution in [2.75, 3.05) is 10.8 Å². The largest absolute Gasteiger partial charge is 0.456 e. The molecule has 5 aromatic rings. The summed E-state index contributed by atoms with van der Waals surface area (Å²) in [7, 11) is -4.32. The number of hydrogen-bond donors (Lipinski definition) is 1. The Morgan fingerprint density at radius 1 is 0.912 bits per heavy atom. The van der Waals surface area contributed by atoms with Gasteiger partial charge in [0.1, 0.15) is 11.3 Å². The molecule has 0 spiro atoms. The Morgan fingerprint density at radius 2 is 1.53 bits per heavy atom. The molecule has 34 heavy (non-hydrogen) atoms. The highest BCUT2D eigenvalue weighted by atomic mass is 32.2. The predicted octanol–water partition coefficient (Wildman–Crippen LogP) is 6.34. The van der Waals surface area contributed by atoms with Crippen LogP contribution in [0, 0.1) is 0 Å². The van der Waals surface area contributed by atoms with Gasteiger partial charge in [0.25, 0.3) is 10.1 Å². The second kappa shape index (κ2) is 7.62. The van der Waals surface area contributed by atoms with Crippen LogP contribution in [0.3, 0.4) is 0 Å². The molecule has 0 unspecified atom stereocenters. The van der Waals surface area contributed by atoms with E-state index in [1.807, 2.05) is 60.7 Å². The summed E-state index contributed by atoms with van der Waals surface area (Å²) in [5, 5.41) is 5.12. The average molecular weight is 472 g/mol. The summed E-state index contributed by atoms with van der Waals surface area (Å²) in [6, 6.07) is 23.7. The third kappa shape index (κ3) is 3.50. The fourth-order valence-electron chi connectivity index (χ4n) is 4.64. The van der Waals surface area contributed by atoms with E-state index in [4.69, 9.17) is 9.15 Å². The Balaban J connectivity index is 1.53. The Bertz CT molecular complexity index is 1730. The number of hydrogen-bond acceptors (Lipinski definition) is 5. The maximum atomic E-state index is 11.9. The topological polar surface area (TPSA) is 80.0 Å². The minimum absolute atomic E-state index is 0.279. The highest BCUT2D eigenvalue weighted by Gasteiger charge is 2.31. The minimum Gasteiger partial charge on any atom is -0.456 e. The predicted molar refractivity (Wildman–Crippen MR) is 135 cm³/mol. The summed E-state index contributed by atoms with van der Waals surface area (Å²) in [5.41, 5.74) is 2.33. The van der Waals surface area contributed by atoms with Crippen molar-refractivity contribution >= 4 is 54.4 Å². The lowest BCUT2D eigenvalue weighted by molar-refractivity contribution is 0.440. The monoisotopic (exact) mass is 471 g/mol. The van der Waals surface area contributed by atoms with Gasteiger partial charge in [-0.15, -0.1) is 0 Å². The lowest BCUT2D eigenvalue weighted by atomic mass is 10.0. The number of nitrogens with zero attached hydrogens (tertiary/aromatic N) is 1. The quantitative estimate of drug-likeness (QED) is 0.308. The molecule has 0 amide bonds. The molecule has 7 heteroatoms. The lowest BCUT2D eigenvalue weighted by Gasteiger charge is -2.16. The summed E-state index contributed by atoms with van der Waals surface area (Å²) in [6.07, 6.45) is 2.43. The molecule has 0 aliphatic carbocycles. The number of fused-ring (bicyclic) bond motifs is 4. The first-order valence-corrected chi connectivity index (χ1v) is 12.6. The Labute approximate surface area is 196 Å². The highest BCUT2D eigenvalue weighted by Crippen LogP contribution is 2.43. The molecule has 0 radical (unpaired) electrons. The number of ether oxygens (including phenoxy) is 1. The fourth-order valence-corrected chi connectivity index (χ4v) is 5.23. The number of anilines is 1. The number of aryl methyl sites for hydroxylation is 1. The molecule has 0 bridgehead atoms. The van der Waals surface area contributed by atoms with Crippen LogP contribution in [-0.2, 0) is 16.5 Å². The maximum Gasteiger partial charge on any atom is 0.283 e. The number of furan rings is 1. The highest BCUT2D eigenvalue weighted by molar-refractivity contribution is 7.85. The van der Waals surface area contributed by atoms with Gasteiger partial charge in [-0.2, -0.15) is 8.42 Å². The maximum absolute atomic E-state index is 11.9. The molecule has 4 aromatic carbocycles. The zero-order chi connectivity index (χ0) is 23.4. The number of benzene rings is 4. The molecule has 1 aliphatic heterocycles. The fraction of sp³-hybridized carbons (Fsp3) is 0.111. The van der Waals surface area contributed by atoms with E-state index in [-0.39, 0.29) is 5.88 Å². The molecule has 0 saturated heterocycles. The molecule has 0 fully saturated rings. The molecule has 1 N–H and O–H groups in total. The van der Waals surface area contributed by atoms with Gasteiger partial charge in [-0.3, -0.25) is 9.45 Å². The van der Waals surface area contributed by atoms with Crippen molar-refractivity contribution < 1.29 is 22.1 Å². The smallest absolute Gasteiger partial charge is 0.283 e. The zero-order valence-corrected chi connectivity index (χ0v) is 19.2. The van der Waals surface area contributed by atoms with Crippen LogP contribution in [-0.4, -0.2) is 18.8 Å². The van der Waals surface area contributed by atoms with Gasteiger partial charge >= 0.3 is 0 Å². The van der Waals surface area contributed by atoms with Crippen LogP contribution in [0.1, 0.15) is 18.2 Å². The van der Waals surface area contributed by atoms with Crippen molar-refractivity contribution in [3.05, 3.63) is 90.0 Å². The van der Waals surface area contributed by atoms with Gasteiger partial charge in [-0.05, 0) is 52.2 Å². The van der Waals surface area contributed by atoms with Crippen molar-refractivity contribution in [1.82, 2.24) is 0 Å². The van der Waals surface area contributed by atoms with E-state index >= 15 is 0 Å². The molecular weight excluding hydrogens is 450 g/mol. The van der Waals surface area contributed by atoms with Crippen LogP contribution in [0.2, 0.25) is 0 Å². The van der Waals surface area contributed by atoms with Gasteiger partial charge < -0.3 is 9.15 Å². The van der Waals surface area contributed by atoms with E-state index in [1.54, 1.807) is 6.08 Å². The lowest BCUT2D eigenvalue weighted by Crippen LogP contribution is -2.27. The molecule has 0 saturated carbocycles. The number of rotatable bonds is 4. The van der Waals surface area contributed by atoms with E-state index in [1.165, 1.54) is 4.90 Å². The van der Waals surface area contributed by atoms with Crippen LogP contribution < -0.4 is 9.64 Å². The Kier molecular flexibility index (Phi) is 4.65. The molecule has 2 heterocycles. The van der Waals surface area contributed by atoms with Crippen molar-refractivity contribution in [3.63, 3.8) is 0 Å². The van der Waals surface area contributed by atoms with Crippen molar-refractivity contribution in [2.45, 2.75) is 13.3 Å². The first-order valence-electron chi connectivity index (χ1n) is 11.0. The second-order valence-electron chi connectivity index (χ2n) is 8.38. The molecule has 6 nitrogen and oxygen atoms in total. The van der Waals surface area contributed by atoms with Crippen LogP contribution in [0.4, 0.5) is 5.69 Å². The molecular formula is C27H21NO5S. The van der Waals surface area contributed by atoms with Gasteiger partial charge in [-0.25, -0.2) is 0 Å². The summed E-state index contributed by atoms with van der Waals surface area (Å²) < 4.78 is 45.7. The summed E-state index contributed by atoms with van der Waals surface area (Å²) >= 11 is 0. The van der Waals surface area contributed by atoms with Gasteiger partial charge in [0.2, 0.25) is 5.88 Å². The molecule has 6 rings (SSSR count). The molecule has 170 valence electrons. The summed E-state index contributed by atoms with van der Waals surface area (Å²) in [6.45, 7) is 2.05. The molecule has 1 aromatic heterocycles. The zero-order valence-electron chi connectivity index (χ0n) is 18.4. The SMILES string of the molecule is CCc1c(C=C2Oc3cc4ccccc4cc3N2CS(=O)(=O)O)oc2cc3ccccc3cc12. The van der Waals surface area contributed by atoms with E-state index in [9.17, 15) is 13.0 Å². The van der Waals surface area contributed by atoms with Crippen molar-refractivity contribution in [1.29, 1.82) is 0 Å². The van der Waals surface area contributed by atoms with Crippen LogP contribution in [0.25, 0.3) is 38.6 Å². The minimum atomic E-state index is -4.32. The normalized spacial score (nSPS) is 14.9. The van der Waals surface area contributed by atoms with Gasteiger partial charge in [0.15, 0.2) is 11.6 Å². The van der Waals surface area contributed by atoms with Crippen LogP contribution >= 0.6 is 0 Å². The third-order valence-electron chi connectivity index (χ3n) is 6.19. The third-order valence-corrected chi connectivity index (χ3v) is 6.77. The van der Waals surface area contributed by atoms with E-state index in [0.29, 0.717) is 17.2 Å². The van der Waals surface area contributed by atoms with Gasteiger partial charge in [0.05, 0.1) is 5.69 Å². The standard InChI is InChI=1S/C27H21NO5S/c1-2-21-22-11-17-7-3-5-9-19(17)13-24(22)32-25(21)15-27-28(16-34(29,30)31)23-12-18-8-4-6-10-20(18)14-26(23)33-27/h3-15H,2,16H2,1H3,(H,29,30,31). The second-order valence-corrected chi connectivity index (χ2v) is 9.81. The average Bonchev–Trinajstić information content (AvgIpc) is 3.31. The molecule has 1 aliphatic rings. The Hall–Kier alpha value is -3.81. The van der Waals surface area contributed by atoms with Crippen molar-refractivity contribution in [2.24, 2.45) is 0 Å². The first-order chi connectivity index (χ1) is 16.4. The summed E-state index contributed by atoms with van der Waals surface area (Å²) in [4.78, 5) is 1.46. The molecule has 0 atom stereocenters. The van der Waals surface area contributed by atoms with E-state index in [0.717, 1.165) is 44.5 Å². The van der Waals surface area contributed by atoms with Gasteiger partial charge in [-0.1, -0.05) is 55.5 Å². The summed E-state index contributed by atoms with van der Waals surface area (Å²) in [5.74, 6) is 0.769. The van der Waals surface area contributed by atoms with Gasteiger partial charge in [0, 0.05) is 17.0 Å². The first kappa shape index (κ1) is 20.8. The van der Waals surface area contributed by atoms with Crippen LogP contribution in [0.15, 0.2) is 83.1 Å². The van der Waals surface area contributed by atoms with Crippen molar-refractivity contribution in [3.8, 4) is 5.75 Å². The van der Waals surface area contributed by atoms with E-state index < -0.39 is 16.0 Å². The van der Waals surface area contributed by atoms with Crippen LogP contribution in [0.5, 0.6) is 5.75 Å².